The van der Waals surface area contributed by atoms with E-state index in [9.17, 15) is 0 Å². The topological polar surface area (TPSA) is 38.0 Å². The van der Waals surface area contributed by atoms with Gasteiger partial charge in [0.25, 0.3) is 0 Å². The first-order chi connectivity index (χ1) is 7.29. The SMILES string of the molecule is CSC1(CNC2CCCCC2CN)CC1. The van der Waals surface area contributed by atoms with Gasteiger partial charge in [-0.05, 0) is 44.4 Å². The Morgan fingerprint density at radius 1 is 1.33 bits per heavy atom. The van der Waals surface area contributed by atoms with Crippen LogP contribution in [0.2, 0.25) is 0 Å². The third-order valence-electron chi connectivity index (χ3n) is 4.14. The highest BCUT2D eigenvalue weighted by Gasteiger charge is 2.42. The lowest BCUT2D eigenvalue weighted by Gasteiger charge is -2.32. The van der Waals surface area contributed by atoms with Crippen LogP contribution >= 0.6 is 11.8 Å². The Hall–Kier alpha value is 0.270. The average Bonchev–Trinajstić information content (AvgIpc) is 3.07. The van der Waals surface area contributed by atoms with Crippen molar-refractivity contribution in [3.8, 4) is 0 Å². The number of hydrogen-bond donors (Lipinski definition) is 2. The molecule has 2 unspecified atom stereocenters. The molecular formula is C12H24N2S. The molecule has 2 aliphatic carbocycles. The second kappa shape index (κ2) is 5.07. The lowest BCUT2D eigenvalue weighted by molar-refractivity contribution is 0.268. The van der Waals surface area contributed by atoms with Crippen LogP contribution in [0.4, 0.5) is 0 Å². The molecule has 0 heterocycles. The van der Waals surface area contributed by atoms with Crippen molar-refractivity contribution in [3.05, 3.63) is 0 Å². The molecule has 2 aliphatic rings. The van der Waals surface area contributed by atoms with Crippen molar-refractivity contribution in [1.82, 2.24) is 5.32 Å². The van der Waals surface area contributed by atoms with Gasteiger partial charge in [-0.2, -0.15) is 11.8 Å². The van der Waals surface area contributed by atoms with E-state index < -0.39 is 0 Å². The van der Waals surface area contributed by atoms with Gasteiger partial charge in [0.1, 0.15) is 0 Å². The molecule has 2 saturated carbocycles. The fourth-order valence-corrected chi connectivity index (χ4v) is 3.41. The summed E-state index contributed by atoms with van der Waals surface area (Å²) in [4.78, 5) is 0. The van der Waals surface area contributed by atoms with E-state index in [-0.39, 0.29) is 0 Å². The Morgan fingerprint density at radius 2 is 2.07 bits per heavy atom. The van der Waals surface area contributed by atoms with Crippen molar-refractivity contribution < 1.29 is 0 Å². The van der Waals surface area contributed by atoms with Crippen LogP contribution in [0, 0.1) is 5.92 Å². The van der Waals surface area contributed by atoms with Gasteiger partial charge in [-0.1, -0.05) is 12.8 Å². The minimum atomic E-state index is 0.594. The highest BCUT2D eigenvalue weighted by Crippen LogP contribution is 2.46. The average molecular weight is 228 g/mol. The number of nitrogens with one attached hydrogen (secondary N) is 1. The minimum absolute atomic E-state index is 0.594. The Labute approximate surface area is 97.8 Å². The van der Waals surface area contributed by atoms with Gasteiger partial charge in [0.2, 0.25) is 0 Å². The monoisotopic (exact) mass is 228 g/mol. The summed E-state index contributed by atoms with van der Waals surface area (Å²) < 4.78 is 0.594. The molecule has 2 fully saturated rings. The summed E-state index contributed by atoms with van der Waals surface area (Å²) in [6.07, 6.45) is 10.5. The normalized spacial score (nSPS) is 34.0. The van der Waals surface area contributed by atoms with Crippen LogP contribution in [0.1, 0.15) is 38.5 Å². The van der Waals surface area contributed by atoms with E-state index in [1.54, 1.807) is 0 Å². The van der Waals surface area contributed by atoms with Crippen LogP contribution in [0.5, 0.6) is 0 Å². The van der Waals surface area contributed by atoms with Crippen LogP contribution in [0.15, 0.2) is 0 Å². The minimum Gasteiger partial charge on any atom is -0.330 e. The quantitative estimate of drug-likeness (QED) is 0.756. The number of thioether (sulfide) groups is 1. The fraction of sp³-hybridized carbons (Fsp3) is 1.00. The molecule has 0 aromatic rings. The first-order valence-corrected chi connectivity index (χ1v) is 7.51. The third kappa shape index (κ3) is 2.89. The molecule has 0 bridgehead atoms. The Kier molecular flexibility index (Phi) is 3.97. The summed E-state index contributed by atoms with van der Waals surface area (Å²) in [7, 11) is 0. The van der Waals surface area contributed by atoms with Crippen LogP contribution < -0.4 is 11.1 Å². The van der Waals surface area contributed by atoms with Crippen LogP contribution in [0.25, 0.3) is 0 Å². The summed E-state index contributed by atoms with van der Waals surface area (Å²) in [6.45, 7) is 2.07. The molecule has 2 nitrogen and oxygen atoms in total. The van der Waals surface area contributed by atoms with E-state index >= 15 is 0 Å². The zero-order chi connectivity index (χ0) is 10.7. The zero-order valence-electron chi connectivity index (χ0n) is 9.80. The lowest BCUT2D eigenvalue weighted by Crippen LogP contribution is -2.44. The molecule has 0 aromatic carbocycles. The molecule has 2 atom stereocenters. The number of nitrogens with two attached hydrogens (primary N) is 1. The molecule has 15 heavy (non-hydrogen) atoms. The van der Waals surface area contributed by atoms with Crippen molar-refractivity contribution in [2.75, 3.05) is 19.3 Å². The number of rotatable bonds is 5. The van der Waals surface area contributed by atoms with Gasteiger partial charge >= 0.3 is 0 Å². The smallest absolute Gasteiger partial charge is 0.0282 e. The predicted octanol–water partition coefficient (Wildman–Crippen LogP) is 1.99. The molecule has 0 saturated heterocycles. The van der Waals surface area contributed by atoms with E-state index in [1.165, 1.54) is 45.1 Å². The second-order valence-electron chi connectivity index (χ2n) is 5.15. The van der Waals surface area contributed by atoms with E-state index in [0.717, 1.165) is 12.5 Å². The summed E-state index contributed by atoms with van der Waals surface area (Å²) in [5.41, 5.74) is 5.84. The third-order valence-corrected chi connectivity index (χ3v) is 5.56. The molecule has 3 heteroatoms. The Balaban J connectivity index is 1.77. The van der Waals surface area contributed by atoms with Gasteiger partial charge in [-0.25, -0.2) is 0 Å². The molecule has 2 rings (SSSR count). The van der Waals surface area contributed by atoms with Crippen molar-refractivity contribution in [2.45, 2.75) is 49.3 Å². The summed E-state index contributed by atoms with van der Waals surface area (Å²) in [5, 5.41) is 3.78. The number of hydrogen-bond acceptors (Lipinski definition) is 3. The zero-order valence-corrected chi connectivity index (χ0v) is 10.6. The van der Waals surface area contributed by atoms with Gasteiger partial charge < -0.3 is 11.1 Å². The van der Waals surface area contributed by atoms with Crippen LogP contribution in [-0.2, 0) is 0 Å². The Bertz CT molecular complexity index is 204. The first kappa shape index (κ1) is 11.7. The van der Waals surface area contributed by atoms with Gasteiger partial charge in [0.05, 0.1) is 0 Å². The fourth-order valence-electron chi connectivity index (χ4n) is 2.67. The van der Waals surface area contributed by atoms with E-state index in [0.29, 0.717) is 10.8 Å². The maximum absolute atomic E-state index is 5.84. The summed E-state index contributed by atoms with van der Waals surface area (Å²) >= 11 is 2.04. The van der Waals surface area contributed by atoms with E-state index in [2.05, 4.69) is 11.6 Å². The van der Waals surface area contributed by atoms with Crippen molar-refractivity contribution in [1.29, 1.82) is 0 Å². The van der Waals surface area contributed by atoms with Crippen LogP contribution in [0.3, 0.4) is 0 Å². The van der Waals surface area contributed by atoms with Crippen molar-refractivity contribution in [3.63, 3.8) is 0 Å². The molecule has 3 N–H and O–H groups in total. The molecule has 0 radical (unpaired) electrons. The largest absolute Gasteiger partial charge is 0.330 e. The molecule has 0 spiro atoms. The predicted molar refractivity (Wildman–Crippen MR) is 68.3 cm³/mol. The molecule has 88 valence electrons. The standard InChI is InChI=1S/C12H24N2S/c1-15-12(6-7-12)9-14-11-5-3-2-4-10(11)8-13/h10-11,14H,2-9,13H2,1H3. The summed E-state index contributed by atoms with van der Waals surface area (Å²) in [5.74, 6) is 0.733. The van der Waals surface area contributed by atoms with Gasteiger partial charge in [-0.15, -0.1) is 0 Å². The molecule has 0 aliphatic heterocycles. The van der Waals surface area contributed by atoms with Gasteiger partial charge in [0.15, 0.2) is 0 Å². The van der Waals surface area contributed by atoms with Crippen molar-refractivity contribution in [2.24, 2.45) is 11.7 Å². The second-order valence-corrected chi connectivity index (χ2v) is 6.43. The van der Waals surface area contributed by atoms with E-state index in [1.807, 2.05) is 11.8 Å². The van der Waals surface area contributed by atoms with Gasteiger partial charge in [0, 0.05) is 17.3 Å². The van der Waals surface area contributed by atoms with Gasteiger partial charge in [-0.3, -0.25) is 0 Å². The maximum atomic E-state index is 5.84. The van der Waals surface area contributed by atoms with Crippen molar-refractivity contribution >= 4 is 11.8 Å². The molecule has 0 aromatic heterocycles. The highest BCUT2D eigenvalue weighted by atomic mass is 32.2. The highest BCUT2D eigenvalue weighted by molar-refractivity contribution is 8.00. The van der Waals surface area contributed by atoms with E-state index in [4.69, 9.17) is 5.73 Å². The maximum Gasteiger partial charge on any atom is 0.0282 e. The summed E-state index contributed by atoms with van der Waals surface area (Å²) in [6, 6.07) is 0.702. The lowest BCUT2D eigenvalue weighted by atomic mass is 9.84. The molecular weight excluding hydrogens is 204 g/mol. The first-order valence-electron chi connectivity index (χ1n) is 6.28. The van der Waals surface area contributed by atoms with Crippen LogP contribution in [-0.4, -0.2) is 30.1 Å². The molecule has 0 amide bonds. The Morgan fingerprint density at radius 3 is 2.67 bits per heavy atom.